The molecule has 2 unspecified atom stereocenters. The Morgan fingerprint density at radius 2 is 0.569 bits per heavy atom. The Morgan fingerprint density at radius 3 is 0.845 bits per heavy atom. The minimum atomic E-state index is -1.15. The van der Waals surface area contributed by atoms with Crippen LogP contribution < -0.4 is 43.3 Å². The number of halogens is 2. The number of nitrogens with two attached hydrogens (primary N) is 2. The van der Waals surface area contributed by atoms with Crippen molar-refractivity contribution >= 4 is 67.1 Å². The maximum atomic E-state index is 6.15. The van der Waals surface area contributed by atoms with E-state index in [1.54, 1.807) is 0 Å². The summed E-state index contributed by atoms with van der Waals surface area (Å²) in [5.41, 5.74) is 17.3. The van der Waals surface area contributed by atoms with Gasteiger partial charge in [-0.2, -0.15) is 0 Å². The predicted octanol–water partition coefficient (Wildman–Crippen LogP) is 10.0. The van der Waals surface area contributed by atoms with Crippen LogP contribution in [0.3, 0.4) is 0 Å². The van der Waals surface area contributed by atoms with E-state index < -0.39 is 15.8 Å². The second kappa shape index (κ2) is 23.4. The third kappa shape index (κ3) is 11.9. The van der Waals surface area contributed by atoms with Crippen LogP contribution in [-0.4, -0.2) is 0 Å². The minimum absolute atomic E-state index is 0.163. The van der Waals surface area contributed by atoms with E-state index in [-0.39, 0.29) is 27.2 Å². The Labute approximate surface area is 362 Å². The van der Waals surface area contributed by atoms with E-state index in [1.807, 2.05) is 60.7 Å². The fourth-order valence-corrected chi connectivity index (χ4v) is 12.7. The van der Waals surface area contributed by atoms with Crippen LogP contribution in [0.4, 0.5) is 0 Å². The second-order valence-electron chi connectivity index (χ2n) is 13.6. The quantitative estimate of drug-likeness (QED) is 0.100. The number of hydrogen-bond donors (Lipinski definition) is 2. The van der Waals surface area contributed by atoms with Crippen molar-refractivity contribution in [1.82, 2.24) is 0 Å². The number of benzene rings is 8. The molecule has 290 valence electrons. The first-order valence-electron chi connectivity index (χ1n) is 19.2. The van der Waals surface area contributed by atoms with Crippen LogP contribution >= 0.6 is 35.2 Å². The molecule has 0 saturated carbocycles. The van der Waals surface area contributed by atoms with Crippen molar-refractivity contribution in [2.24, 2.45) is 11.5 Å². The fourth-order valence-electron chi connectivity index (χ4n) is 7.18. The van der Waals surface area contributed by atoms with Crippen molar-refractivity contribution in [3.05, 3.63) is 253 Å². The van der Waals surface area contributed by atoms with E-state index in [0.29, 0.717) is 0 Å². The molecule has 8 aromatic carbocycles. The van der Waals surface area contributed by atoms with Crippen LogP contribution in [0.1, 0.15) is 34.3 Å². The van der Waals surface area contributed by atoms with Crippen molar-refractivity contribution in [1.29, 1.82) is 0 Å². The molecule has 0 aliphatic heterocycles. The largest absolute Gasteiger partial charge is 0.105 e. The van der Waals surface area contributed by atoms with E-state index in [0.717, 1.165) is 17.5 Å². The molecule has 0 spiro atoms. The molecule has 0 heterocycles. The molecule has 0 aromatic heterocycles. The van der Waals surface area contributed by atoms with Gasteiger partial charge >= 0.3 is 34.5 Å². The maximum Gasteiger partial charge on any atom is 0.105 e. The van der Waals surface area contributed by atoms with Gasteiger partial charge in [-0.15, -0.1) is 0 Å². The van der Waals surface area contributed by atoms with Gasteiger partial charge in [0.1, 0.15) is 31.8 Å². The molecule has 2 atom stereocenters. The molecule has 0 radical (unpaired) electrons. The molecular formula is C51H48Cl2N2P2Ru+4. The van der Waals surface area contributed by atoms with Crippen LogP contribution in [0.15, 0.2) is 231 Å². The minimum Gasteiger partial charge on any atom is -0.0620 e. The zero-order valence-corrected chi connectivity index (χ0v) is 37.3. The molecule has 0 aliphatic rings. The van der Waals surface area contributed by atoms with Gasteiger partial charge < -0.3 is 11.5 Å². The Kier molecular flexibility index (Phi) is 17.5. The van der Waals surface area contributed by atoms with Crippen molar-refractivity contribution in [2.75, 3.05) is 0 Å². The smallest absolute Gasteiger partial charge is 0.0620 e. The SMILES string of the molecule is NC(c1ccccc1)C(N)c1ccccc1.[Cl][Ru+2][Cl].c1ccc([PH+](c2ccccc2)c2ccccc2Cc2ccccc2[PH+](c2ccccc2)c2ccccc2)cc1. The van der Waals surface area contributed by atoms with Gasteiger partial charge in [0.15, 0.2) is 0 Å². The van der Waals surface area contributed by atoms with E-state index in [1.165, 1.54) is 43.0 Å². The predicted molar refractivity (Wildman–Crippen MR) is 254 cm³/mol. The molecule has 58 heavy (non-hydrogen) atoms. The van der Waals surface area contributed by atoms with Gasteiger partial charge in [0.2, 0.25) is 0 Å². The Balaban J connectivity index is 0.000000248. The Hall–Kier alpha value is -4.26. The summed E-state index contributed by atoms with van der Waals surface area (Å²) in [5.74, 6) is 0. The Bertz CT molecular complexity index is 2110. The zero-order valence-electron chi connectivity index (χ0n) is 32.1. The first-order chi connectivity index (χ1) is 28.6. The molecule has 0 amide bonds. The standard InChI is InChI=1S/C37H30P2.C14H16N2.2ClH.Ru/c1-5-19-32(20-6-1)38(33-21-7-2-8-22-33)36-27-15-13-17-30(36)29-31-18-14-16-28-37(31)39(34-23-9-3-10-24-34)35-25-11-4-12-26-35;15-13(11-7-3-1-4-8-11)14(16)12-9-5-2-6-10-12;;;/h1-28H,29H2;1-10,13-14H,15-16H2;2*1H;/q;;;;+4. The summed E-state index contributed by atoms with van der Waals surface area (Å²) in [7, 11) is 7.40. The monoisotopic (exact) mass is 922 g/mol. The summed E-state index contributed by atoms with van der Waals surface area (Å²) >= 11 is -0.346. The Morgan fingerprint density at radius 1 is 0.345 bits per heavy atom. The van der Waals surface area contributed by atoms with Crippen molar-refractivity contribution in [3.8, 4) is 0 Å². The van der Waals surface area contributed by atoms with Gasteiger partial charge in [-0.05, 0) is 82.9 Å². The first kappa shape index (κ1) is 43.3. The van der Waals surface area contributed by atoms with Crippen molar-refractivity contribution in [2.45, 2.75) is 18.5 Å². The van der Waals surface area contributed by atoms with E-state index in [2.05, 4.69) is 170 Å². The summed E-state index contributed by atoms with van der Waals surface area (Å²) in [6, 6.07) is 82.1. The van der Waals surface area contributed by atoms with Crippen LogP contribution in [0, 0.1) is 0 Å². The molecule has 4 N–H and O–H groups in total. The molecule has 0 aliphatic carbocycles. The van der Waals surface area contributed by atoms with Gasteiger partial charge in [0, 0.05) is 18.5 Å². The zero-order chi connectivity index (χ0) is 40.4. The number of hydrogen-bond acceptors (Lipinski definition) is 2. The van der Waals surface area contributed by atoms with Crippen LogP contribution in [0.5, 0.6) is 0 Å². The van der Waals surface area contributed by atoms with E-state index in [4.69, 9.17) is 30.8 Å². The van der Waals surface area contributed by atoms with Gasteiger partial charge in [-0.1, -0.05) is 170 Å². The van der Waals surface area contributed by atoms with Crippen LogP contribution in [0.25, 0.3) is 0 Å². The summed E-state index contributed by atoms with van der Waals surface area (Å²) < 4.78 is 0. The van der Waals surface area contributed by atoms with Gasteiger partial charge in [0.25, 0.3) is 0 Å². The normalized spacial score (nSPS) is 11.8. The molecule has 0 fully saturated rings. The summed E-state index contributed by atoms with van der Waals surface area (Å²) in [6.45, 7) is 0. The maximum absolute atomic E-state index is 6.15. The van der Waals surface area contributed by atoms with Crippen molar-refractivity contribution < 1.29 is 15.1 Å². The average Bonchev–Trinajstić information content (AvgIpc) is 3.30. The van der Waals surface area contributed by atoms with E-state index >= 15 is 0 Å². The second-order valence-corrected chi connectivity index (χ2v) is 21.2. The topological polar surface area (TPSA) is 52.0 Å². The van der Waals surface area contributed by atoms with Crippen LogP contribution in [-0.2, 0) is 21.6 Å². The van der Waals surface area contributed by atoms with Gasteiger partial charge in [-0.25, -0.2) is 0 Å². The summed E-state index contributed by atoms with van der Waals surface area (Å²) in [4.78, 5) is 0. The van der Waals surface area contributed by atoms with Gasteiger partial charge in [0.05, 0.1) is 15.8 Å². The molecule has 8 aromatic rings. The first-order valence-corrected chi connectivity index (χ1v) is 26.6. The third-order valence-corrected chi connectivity index (χ3v) is 15.7. The molecule has 2 nitrogen and oxygen atoms in total. The summed E-state index contributed by atoms with van der Waals surface area (Å²) in [5, 5.41) is 8.65. The summed E-state index contributed by atoms with van der Waals surface area (Å²) in [6.07, 6.45) is 0.925. The van der Waals surface area contributed by atoms with Crippen molar-refractivity contribution in [3.63, 3.8) is 0 Å². The van der Waals surface area contributed by atoms with E-state index in [9.17, 15) is 0 Å². The molecular weight excluding hydrogens is 874 g/mol. The van der Waals surface area contributed by atoms with Crippen LogP contribution in [0.2, 0.25) is 0 Å². The van der Waals surface area contributed by atoms with Gasteiger partial charge in [-0.3, -0.25) is 0 Å². The molecule has 7 heteroatoms. The average molecular weight is 923 g/mol. The molecule has 0 bridgehead atoms. The number of rotatable bonds is 11. The molecule has 0 saturated heterocycles. The fraction of sp³-hybridized carbons (Fsp3) is 0.0588. The third-order valence-electron chi connectivity index (χ3n) is 9.96. The molecule has 8 rings (SSSR count).